The molecule has 1 N–H and O–H groups in total. The van der Waals surface area contributed by atoms with Crippen molar-refractivity contribution in [3.8, 4) is 5.75 Å². The number of aromatic hydroxyl groups is 1. The third-order valence-corrected chi connectivity index (χ3v) is 2.12. The van der Waals surface area contributed by atoms with Gasteiger partial charge in [0.2, 0.25) is 0 Å². The molecular formula is C9H7N3OS. The third-order valence-electron chi connectivity index (χ3n) is 1.57. The fourth-order valence-electron chi connectivity index (χ4n) is 0.912. The van der Waals surface area contributed by atoms with Crippen molar-refractivity contribution in [2.45, 2.75) is 0 Å². The summed E-state index contributed by atoms with van der Waals surface area (Å²) in [6.07, 6.45) is 0. The normalized spacial score (nSPS) is 10.9. The predicted octanol–water partition coefficient (Wildman–Crippen LogP) is 3.26. The summed E-state index contributed by atoms with van der Waals surface area (Å²) in [4.78, 5) is 0. The van der Waals surface area contributed by atoms with Gasteiger partial charge in [-0.15, -0.1) is 10.2 Å². The largest absolute Gasteiger partial charge is 0.506 e. The fraction of sp³-hybridized carbons (Fsp3) is 0. The predicted molar refractivity (Wildman–Crippen MR) is 54.4 cm³/mol. The first-order valence-corrected chi connectivity index (χ1v) is 4.80. The zero-order valence-corrected chi connectivity index (χ0v) is 7.98. The van der Waals surface area contributed by atoms with E-state index in [2.05, 4.69) is 14.6 Å². The summed E-state index contributed by atoms with van der Waals surface area (Å²) in [5.41, 5.74) is 0.445. The second kappa shape index (κ2) is 3.97. The number of phenols is 1. The Morgan fingerprint density at radius 2 is 2.00 bits per heavy atom. The lowest BCUT2D eigenvalue weighted by atomic mass is 10.3. The molecule has 70 valence electrons. The van der Waals surface area contributed by atoms with Gasteiger partial charge in [-0.2, -0.15) is 4.37 Å². The second-order valence-corrected chi connectivity index (χ2v) is 3.21. The summed E-state index contributed by atoms with van der Waals surface area (Å²) >= 11 is 1.31. The van der Waals surface area contributed by atoms with Crippen molar-refractivity contribution in [3.63, 3.8) is 0 Å². The highest BCUT2D eigenvalue weighted by atomic mass is 32.1. The highest BCUT2D eigenvalue weighted by molar-refractivity contribution is 7.03. The SMILES string of the molecule is Oc1ccccc1N=Nc1ccsn1. The zero-order chi connectivity index (χ0) is 9.80. The molecule has 1 aromatic heterocycles. The van der Waals surface area contributed by atoms with Crippen molar-refractivity contribution in [3.05, 3.63) is 35.7 Å². The third kappa shape index (κ3) is 1.94. The van der Waals surface area contributed by atoms with Crippen LogP contribution in [0, 0.1) is 0 Å². The van der Waals surface area contributed by atoms with Gasteiger partial charge in [0, 0.05) is 5.38 Å². The molecule has 1 heterocycles. The molecule has 0 aliphatic carbocycles. The Hall–Kier alpha value is -1.75. The lowest BCUT2D eigenvalue weighted by molar-refractivity contribution is 0.476. The summed E-state index contributed by atoms with van der Waals surface area (Å²) < 4.78 is 3.96. The average Bonchev–Trinajstić information content (AvgIpc) is 2.69. The van der Waals surface area contributed by atoms with Crippen LogP contribution < -0.4 is 0 Å². The van der Waals surface area contributed by atoms with Crippen LogP contribution in [0.25, 0.3) is 0 Å². The minimum atomic E-state index is 0.117. The van der Waals surface area contributed by atoms with E-state index in [4.69, 9.17) is 0 Å². The van der Waals surface area contributed by atoms with Crippen LogP contribution in [0.3, 0.4) is 0 Å². The van der Waals surface area contributed by atoms with E-state index in [0.717, 1.165) is 0 Å². The van der Waals surface area contributed by atoms with Crippen molar-refractivity contribution in [2.24, 2.45) is 10.2 Å². The molecule has 0 atom stereocenters. The minimum absolute atomic E-state index is 0.117. The van der Waals surface area contributed by atoms with E-state index < -0.39 is 0 Å². The van der Waals surface area contributed by atoms with Crippen molar-refractivity contribution in [1.29, 1.82) is 0 Å². The van der Waals surface area contributed by atoms with Crippen LogP contribution in [0.2, 0.25) is 0 Å². The molecule has 0 aliphatic heterocycles. The quantitative estimate of drug-likeness (QED) is 0.765. The number of azo groups is 1. The van der Waals surface area contributed by atoms with Gasteiger partial charge in [-0.25, -0.2) is 0 Å². The molecule has 0 unspecified atom stereocenters. The van der Waals surface area contributed by atoms with Crippen LogP contribution in [0.15, 0.2) is 45.9 Å². The van der Waals surface area contributed by atoms with E-state index in [1.807, 2.05) is 5.38 Å². The van der Waals surface area contributed by atoms with E-state index in [1.165, 1.54) is 11.5 Å². The minimum Gasteiger partial charge on any atom is -0.506 e. The number of para-hydroxylation sites is 1. The van der Waals surface area contributed by atoms with Gasteiger partial charge in [0.05, 0.1) is 0 Å². The Kier molecular flexibility index (Phi) is 2.51. The number of hydrogen-bond donors (Lipinski definition) is 1. The van der Waals surface area contributed by atoms with Crippen LogP contribution in [-0.4, -0.2) is 9.48 Å². The molecule has 0 fully saturated rings. The van der Waals surface area contributed by atoms with Gasteiger partial charge < -0.3 is 5.11 Å². The molecule has 4 nitrogen and oxygen atoms in total. The van der Waals surface area contributed by atoms with E-state index in [1.54, 1.807) is 30.3 Å². The maximum Gasteiger partial charge on any atom is 0.187 e. The summed E-state index contributed by atoms with van der Waals surface area (Å²) in [6, 6.07) is 8.53. The molecule has 0 saturated heterocycles. The van der Waals surface area contributed by atoms with Crippen LogP contribution in [0.4, 0.5) is 11.5 Å². The first kappa shape index (κ1) is 8.83. The summed E-state index contributed by atoms with van der Waals surface area (Å²) in [6.45, 7) is 0. The Bertz CT molecular complexity index is 439. The van der Waals surface area contributed by atoms with Gasteiger partial charge in [0.25, 0.3) is 0 Å². The number of benzene rings is 1. The smallest absolute Gasteiger partial charge is 0.187 e. The van der Waals surface area contributed by atoms with E-state index >= 15 is 0 Å². The molecule has 2 rings (SSSR count). The lowest BCUT2D eigenvalue weighted by Crippen LogP contribution is -1.65. The molecule has 2 aromatic rings. The summed E-state index contributed by atoms with van der Waals surface area (Å²) in [5.74, 6) is 0.671. The first-order valence-electron chi connectivity index (χ1n) is 3.96. The van der Waals surface area contributed by atoms with Crippen molar-refractivity contribution >= 4 is 23.0 Å². The maximum atomic E-state index is 9.37. The van der Waals surface area contributed by atoms with Gasteiger partial charge in [-0.1, -0.05) is 12.1 Å². The highest BCUT2D eigenvalue weighted by Crippen LogP contribution is 2.26. The number of rotatable bonds is 2. The van der Waals surface area contributed by atoms with Crippen LogP contribution in [0.5, 0.6) is 5.75 Å². The van der Waals surface area contributed by atoms with Gasteiger partial charge in [-0.3, -0.25) is 0 Å². The monoisotopic (exact) mass is 205 g/mol. The first-order chi connectivity index (χ1) is 6.86. The van der Waals surface area contributed by atoms with Crippen molar-refractivity contribution in [1.82, 2.24) is 4.37 Å². The average molecular weight is 205 g/mol. The molecule has 0 aliphatic rings. The molecule has 5 heteroatoms. The molecule has 0 radical (unpaired) electrons. The van der Waals surface area contributed by atoms with Crippen LogP contribution in [0.1, 0.15) is 0 Å². The Labute approximate surface area is 84.7 Å². The zero-order valence-electron chi connectivity index (χ0n) is 7.16. The molecule has 0 saturated carbocycles. The second-order valence-electron chi connectivity index (χ2n) is 2.55. The Balaban J connectivity index is 2.23. The van der Waals surface area contributed by atoms with Crippen LogP contribution in [-0.2, 0) is 0 Å². The lowest BCUT2D eigenvalue weighted by Gasteiger charge is -1.93. The van der Waals surface area contributed by atoms with Crippen LogP contribution >= 0.6 is 11.5 Å². The number of aromatic nitrogens is 1. The fourth-order valence-corrected chi connectivity index (χ4v) is 1.36. The van der Waals surface area contributed by atoms with Gasteiger partial charge in [-0.05, 0) is 29.7 Å². The van der Waals surface area contributed by atoms with Gasteiger partial charge in [0.15, 0.2) is 5.82 Å². The van der Waals surface area contributed by atoms with Gasteiger partial charge in [0.1, 0.15) is 11.4 Å². The van der Waals surface area contributed by atoms with Gasteiger partial charge >= 0.3 is 0 Å². The van der Waals surface area contributed by atoms with E-state index in [0.29, 0.717) is 11.5 Å². The molecule has 0 bridgehead atoms. The molecular weight excluding hydrogens is 198 g/mol. The van der Waals surface area contributed by atoms with E-state index in [-0.39, 0.29) is 5.75 Å². The Morgan fingerprint density at radius 1 is 1.14 bits per heavy atom. The molecule has 0 amide bonds. The number of nitrogens with zero attached hydrogens (tertiary/aromatic N) is 3. The van der Waals surface area contributed by atoms with Crippen molar-refractivity contribution in [2.75, 3.05) is 0 Å². The Morgan fingerprint density at radius 3 is 2.71 bits per heavy atom. The molecule has 1 aromatic carbocycles. The molecule has 14 heavy (non-hydrogen) atoms. The topological polar surface area (TPSA) is 57.8 Å². The number of hydrogen-bond acceptors (Lipinski definition) is 5. The van der Waals surface area contributed by atoms with Crippen molar-refractivity contribution < 1.29 is 5.11 Å². The van der Waals surface area contributed by atoms with E-state index in [9.17, 15) is 5.11 Å². The number of phenolic OH excluding ortho intramolecular Hbond substituents is 1. The highest BCUT2D eigenvalue weighted by Gasteiger charge is 1.96. The summed E-state index contributed by atoms with van der Waals surface area (Å²) in [7, 11) is 0. The standard InChI is InChI=1S/C9H7N3OS/c13-8-4-2-1-3-7(8)10-11-9-5-6-14-12-9/h1-6,13H. The maximum absolute atomic E-state index is 9.37. The summed E-state index contributed by atoms with van der Waals surface area (Å²) in [5, 5.41) is 18.9. The molecule has 0 spiro atoms.